The molecule has 3 N–H and O–H groups in total. The molecule has 2 rings (SSSR count). The molecule has 0 aromatic heterocycles. The Morgan fingerprint density at radius 2 is 2.26 bits per heavy atom. The Labute approximate surface area is 140 Å². The van der Waals surface area contributed by atoms with Gasteiger partial charge in [0, 0.05) is 23.7 Å². The number of carbonyl (C=O) groups is 1. The van der Waals surface area contributed by atoms with Crippen LogP contribution in [0.4, 0.5) is 9.18 Å². The lowest BCUT2D eigenvalue weighted by atomic mass is 10.1. The van der Waals surface area contributed by atoms with E-state index in [0.717, 1.165) is 0 Å². The zero-order valence-corrected chi connectivity index (χ0v) is 13.8. The standard InChI is InChI=1S/C16H22ClFN2O3/c1-10(15-13(17)3-2-4-14(15)18)20-16(22)19-7-12(21)9-23-8-11-5-6-11/h2-4,10-12,21H,5-9H2,1H3,(H2,19,20,22). The van der Waals surface area contributed by atoms with Crippen LogP contribution < -0.4 is 10.6 Å². The molecule has 1 aliphatic rings. The summed E-state index contributed by atoms with van der Waals surface area (Å²) in [5.41, 5.74) is 0.234. The second-order valence-electron chi connectivity index (χ2n) is 5.85. The molecule has 5 nitrogen and oxygen atoms in total. The topological polar surface area (TPSA) is 70.6 Å². The van der Waals surface area contributed by atoms with E-state index in [-0.39, 0.29) is 23.7 Å². The highest BCUT2D eigenvalue weighted by atomic mass is 35.5. The Kier molecular flexibility index (Phi) is 6.62. The Balaban J connectivity index is 1.70. The van der Waals surface area contributed by atoms with Crippen molar-refractivity contribution in [3.8, 4) is 0 Å². The normalized spacial score (nSPS) is 16.7. The predicted molar refractivity (Wildman–Crippen MR) is 85.9 cm³/mol. The third-order valence-electron chi connectivity index (χ3n) is 3.64. The second kappa shape index (κ2) is 8.47. The van der Waals surface area contributed by atoms with Crippen molar-refractivity contribution in [2.24, 2.45) is 5.92 Å². The molecule has 1 saturated carbocycles. The number of aliphatic hydroxyl groups excluding tert-OH is 1. The lowest BCUT2D eigenvalue weighted by Gasteiger charge is -2.18. The third kappa shape index (κ3) is 5.97. The van der Waals surface area contributed by atoms with Crippen molar-refractivity contribution in [3.63, 3.8) is 0 Å². The van der Waals surface area contributed by atoms with Crippen molar-refractivity contribution in [1.29, 1.82) is 0 Å². The average Bonchev–Trinajstić information content (AvgIpc) is 3.29. The Morgan fingerprint density at radius 3 is 2.91 bits per heavy atom. The zero-order chi connectivity index (χ0) is 16.8. The molecule has 0 aliphatic heterocycles. The molecule has 1 fully saturated rings. The van der Waals surface area contributed by atoms with E-state index in [1.807, 2.05) is 0 Å². The molecule has 1 aliphatic carbocycles. The number of carbonyl (C=O) groups excluding carboxylic acids is 1. The molecule has 1 aromatic carbocycles. The largest absolute Gasteiger partial charge is 0.389 e. The van der Waals surface area contributed by atoms with E-state index in [2.05, 4.69) is 10.6 Å². The zero-order valence-electron chi connectivity index (χ0n) is 13.0. The van der Waals surface area contributed by atoms with Gasteiger partial charge in [-0.15, -0.1) is 0 Å². The summed E-state index contributed by atoms with van der Waals surface area (Å²) in [5.74, 6) is 0.156. The summed E-state index contributed by atoms with van der Waals surface area (Å²) in [5, 5.41) is 15.1. The third-order valence-corrected chi connectivity index (χ3v) is 3.97. The van der Waals surface area contributed by atoms with E-state index in [1.54, 1.807) is 13.0 Å². The van der Waals surface area contributed by atoms with Gasteiger partial charge >= 0.3 is 6.03 Å². The average molecular weight is 345 g/mol. The molecule has 0 spiro atoms. The van der Waals surface area contributed by atoms with Gasteiger partial charge in [0.1, 0.15) is 5.82 Å². The van der Waals surface area contributed by atoms with Crippen molar-refractivity contribution in [2.45, 2.75) is 31.9 Å². The number of rotatable bonds is 8. The molecule has 7 heteroatoms. The van der Waals surface area contributed by atoms with Crippen LogP contribution in [0.5, 0.6) is 0 Å². The molecule has 0 saturated heterocycles. The first kappa shape index (κ1) is 18.0. The summed E-state index contributed by atoms with van der Waals surface area (Å²) < 4.78 is 19.1. The highest BCUT2D eigenvalue weighted by Gasteiger charge is 2.22. The Bertz CT molecular complexity index is 520. The summed E-state index contributed by atoms with van der Waals surface area (Å²) in [4.78, 5) is 11.8. The van der Waals surface area contributed by atoms with Gasteiger partial charge < -0.3 is 20.5 Å². The first-order chi connectivity index (χ1) is 11.0. The van der Waals surface area contributed by atoms with Crippen LogP contribution in [0.3, 0.4) is 0 Å². The van der Waals surface area contributed by atoms with Crippen molar-refractivity contribution in [1.82, 2.24) is 10.6 Å². The maximum absolute atomic E-state index is 13.8. The van der Waals surface area contributed by atoms with Gasteiger partial charge in [0.05, 0.1) is 18.8 Å². The summed E-state index contributed by atoms with van der Waals surface area (Å²) in [6, 6.07) is 3.27. The van der Waals surface area contributed by atoms with Crippen LogP contribution in [0.1, 0.15) is 31.4 Å². The molecular weight excluding hydrogens is 323 g/mol. The minimum Gasteiger partial charge on any atom is -0.389 e. The second-order valence-corrected chi connectivity index (χ2v) is 6.25. The van der Waals surface area contributed by atoms with Crippen LogP contribution in [0.25, 0.3) is 0 Å². The number of ether oxygens (including phenoxy) is 1. The van der Waals surface area contributed by atoms with Gasteiger partial charge in [0.2, 0.25) is 0 Å². The summed E-state index contributed by atoms with van der Waals surface area (Å²) >= 11 is 5.95. The van der Waals surface area contributed by atoms with Crippen LogP contribution in [0.2, 0.25) is 5.02 Å². The first-order valence-electron chi connectivity index (χ1n) is 7.71. The fourth-order valence-electron chi connectivity index (χ4n) is 2.17. The number of nitrogens with one attached hydrogen (secondary N) is 2. The number of amides is 2. The minimum atomic E-state index is -0.771. The highest BCUT2D eigenvalue weighted by Crippen LogP contribution is 2.28. The lowest BCUT2D eigenvalue weighted by Crippen LogP contribution is -2.42. The molecule has 128 valence electrons. The molecule has 2 atom stereocenters. The fraction of sp³-hybridized carbons (Fsp3) is 0.562. The van der Waals surface area contributed by atoms with E-state index >= 15 is 0 Å². The smallest absolute Gasteiger partial charge is 0.315 e. The number of halogens is 2. The molecule has 2 amide bonds. The van der Waals surface area contributed by atoms with Gasteiger partial charge in [0.15, 0.2) is 0 Å². The van der Waals surface area contributed by atoms with E-state index in [1.165, 1.54) is 25.0 Å². The van der Waals surface area contributed by atoms with Gasteiger partial charge in [-0.3, -0.25) is 0 Å². The van der Waals surface area contributed by atoms with Crippen LogP contribution in [0, 0.1) is 11.7 Å². The van der Waals surface area contributed by atoms with Gasteiger partial charge in [-0.25, -0.2) is 9.18 Å². The van der Waals surface area contributed by atoms with Crippen LogP contribution >= 0.6 is 11.6 Å². The number of urea groups is 1. The molecule has 0 bridgehead atoms. The molecule has 23 heavy (non-hydrogen) atoms. The molecule has 1 aromatic rings. The molecule has 2 unspecified atom stereocenters. The van der Waals surface area contributed by atoms with Crippen molar-refractivity contribution >= 4 is 17.6 Å². The molecule has 0 radical (unpaired) electrons. The quantitative estimate of drug-likeness (QED) is 0.679. The number of hydrogen-bond acceptors (Lipinski definition) is 3. The van der Waals surface area contributed by atoms with Gasteiger partial charge in [-0.05, 0) is 37.8 Å². The van der Waals surface area contributed by atoms with Crippen LogP contribution in [0.15, 0.2) is 18.2 Å². The molecule has 0 heterocycles. The van der Waals surface area contributed by atoms with Gasteiger partial charge in [0.25, 0.3) is 0 Å². The minimum absolute atomic E-state index is 0.0637. The summed E-state index contributed by atoms with van der Waals surface area (Å²) in [6.45, 7) is 2.55. The number of benzene rings is 1. The first-order valence-corrected chi connectivity index (χ1v) is 8.09. The maximum Gasteiger partial charge on any atom is 0.315 e. The van der Waals surface area contributed by atoms with E-state index < -0.39 is 24.0 Å². The molecular formula is C16H22ClFN2O3. The van der Waals surface area contributed by atoms with E-state index in [9.17, 15) is 14.3 Å². The number of aliphatic hydroxyl groups is 1. The Morgan fingerprint density at radius 1 is 1.52 bits per heavy atom. The predicted octanol–water partition coefficient (Wildman–Crippen LogP) is 2.63. The number of hydrogen-bond donors (Lipinski definition) is 3. The fourth-order valence-corrected chi connectivity index (χ4v) is 2.50. The lowest BCUT2D eigenvalue weighted by molar-refractivity contribution is 0.0337. The van der Waals surface area contributed by atoms with Gasteiger partial charge in [-0.2, -0.15) is 0 Å². The van der Waals surface area contributed by atoms with Crippen molar-refractivity contribution in [3.05, 3.63) is 34.6 Å². The van der Waals surface area contributed by atoms with E-state index in [4.69, 9.17) is 16.3 Å². The Hall–Kier alpha value is -1.37. The summed E-state index contributed by atoms with van der Waals surface area (Å²) in [6.07, 6.45) is 1.60. The van der Waals surface area contributed by atoms with Crippen molar-refractivity contribution < 1.29 is 19.0 Å². The van der Waals surface area contributed by atoms with Crippen LogP contribution in [-0.2, 0) is 4.74 Å². The highest BCUT2D eigenvalue weighted by molar-refractivity contribution is 6.31. The van der Waals surface area contributed by atoms with Gasteiger partial charge in [-0.1, -0.05) is 17.7 Å². The maximum atomic E-state index is 13.8. The monoisotopic (exact) mass is 344 g/mol. The SMILES string of the molecule is CC(NC(=O)NCC(O)COCC1CC1)c1c(F)cccc1Cl. The van der Waals surface area contributed by atoms with E-state index in [0.29, 0.717) is 12.5 Å². The van der Waals surface area contributed by atoms with Crippen LogP contribution in [-0.4, -0.2) is 37.0 Å². The van der Waals surface area contributed by atoms with Crippen molar-refractivity contribution in [2.75, 3.05) is 19.8 Å². The summed E-state index contributed by atoms with van der Waals surface area (Å²) in [7, 11) is 0.